The fourth-order valence-electron chi connectivity index (χ4n) is 1.13. The Balaban J connectivity index is 3.18. The molecule has 1 aromatic rings. The molecule has 1 aromatic carbocycles. The Hall–Kier alpha value is -1.58. The summed E-state index contributed by atoms with van der Waals surface area (Å²) in [7, 11) is -0.727. The van der Waals surface area contributed by atoms with Crippen LogP contribution in [0.4, 0.5) is 5.69 Å². The topological polar surface area (TPSA) is 73.2 Å². The van der Waals surface area contributed by atoms with Gasteiger partial charge in [0.05, 0.1) is 11.3 Å². The zero-order valence-corrected chi connectivity index (χ0v) is 10.2. The summed E-state index contributed by atoms with van der Waals surface area (Å²) in [6, 6.07) is 7.00. The number of anilines is 1. The third-order valence-electron chi connectivity index (χ3n) is 2.10. The molecule has 16 heavy (non-hydrogen) atoms. The molecule has 0 unspecified atom stereocenters. The van der Waals surface area contributed by atoms with Crippen LogP contribution in [0.1, 0.15) is 11.1 Å². The minimum Gasteiger partial charge on any atom is -0.270 e. The van der Waals surface area contributed by atoms with Crippen LogP contribution in [0, 0.1) is 18.3 Å². The summed E-state index contributed by atoms with van der Waals surface area (Å²) in [5.74, 6) is 0. The molecule has 0 fully saturated rings. The quantitative estimate of drug-likeness (QED) is 0.858. The van der Waals surface area contributed by atoms with E-state index in [-0.39, 0.29) is 0 Å². The van der Waals surface area contributed by atoms with Crippen molar-refractivity contribution < 1.29 is 8.42 Å². The number of hydrogen-bond acceptors (Lipinski definition) is 3. The first-order valence-corrected chi connectivity index (χ1v) is 6.02. The molecule has 0 heterocycles. The van der Waals surface area contributed by atoms with Crippen LogP contribution in [0.15, 0.2) is 18.2 Å². The van der Waals surface area contributed by atoms with Crippen LogP contribution in [0.2, 0.25) is 0 Å². The van der Waals surface area contributed by atoms with Crippen molar-refractivity contribution >= 4 is 15.9 Å². The molecule has 1 N–H and O–H groups in total. The van der Waals surface area contributed by atoms with Gasteiger partial charge in [-0.25, -0.2) is 0 Å². The van der Waals surface area contributed by atoms with E-state index in [9.17, 15) is 8.42 Å². The Morgan fingerprint density at radius 3 is 2.50 bits per heavy atom. The van der Waals surface area contributed by atoms with Crippen molar-refractivity contribution in [1.29, 1.82) is 5.26 Å². The summed E-state index contributed by atoms with van der Waals surface area (Å²) >= 11 is 0. The van der Waals surface area contributed by atoms with Crippen molar-refractivity contribution in [3.05, 3.63) is 29.3 Å². The molecule has 0 spiro atoms. The lowest BCUT2D eigenvalue weighted by molar-refractivity contribution is 0.527. The van der Waals surface area contributed by atoms with Gasteiger partial charge in [-0.1, -0.05) is 12.1 Å². The molecule has 0 saturated carbocycles. The van der Waals surface area contributed by atoms with E-state index >= 15 is 0 Å². The van der Waals surface area contributed by atoms with Gasteiger partial charge < -0.3 is 0 Å². The average Bonchev–Trinajstić information content (AvgIpc) is 2.17. The van der Waals surface area contributed by atoms with Gasteiger partial charge in [-0.3, -0.25) is 4.72 Å². The van der Waals surface area contributed by atoms with E-state index in [0.29, 0.717) is 11.3 Å². The van der Waals surface area contributed by atoms with Crippen molar-refractivity contribution in [2.75, 3.05) is 18.8 Å². The maximum absolute atomic E-state index is 11.6. The number of hydrogen-bond donors (Lipinski definition) is 1. The first-order valence-electron chi connectivity index (χ1n) is 4.58. The fraction of sp³-hybridized carbons (Fsp3) is 0.300. The molecule has 86 valence electrons. The molecule has 0 aromatic heterocycles. The van der Waals surface area contributed by atoms with Crippen LogP contribution in [0.5, 0.6) is 0 Å². The van der Waals surface area contributed by atoms with Gasteiger partial charge in [-0.2, -0.15) is 18.0 Å². The van der Waals surface area contributed by atoms with Crippen LogP contribution in [-0.4, -0.2) is 26.8 Å². The van der Waals surface area contributed by atoms with E-state index in [4.69, 9.17) is 5.26 Å². The van der Waals surface area contributed by atoms with E-state index in [1.54, 1.807) is 25.1 Å². The van der Waals surface area contributed by atoms with E-state index < -0.39 is 10.2 Å². The normalized spacial score (nSPS) is 11.2. The highest BCUT2D eigenvalue weighted by Crippen LogP contribution is 2.19. The molecule has 0 aliphatic rings. The van der Waals surface area contributed by atoms with E-state index in [2.05, 4.69) is 4.72 Å². The van der Waals surface area contributed by atoms with E-state index in [1.165, 1.54) is 14.1 Å². The molecule has 0 radical (unpaired) electrons. The van der Waals surface area contributed by atoms with Gasteiger partial charge in [-0.05, 0) is 18.6 Å². The standard InChI is InChI=1S/C10H13N3O2S/c1-8-5-4-6-10(9(8)7-11)12-16(14,15)13(2)3/h4-6,12H,1-3H3. The molecule has 1 rings (SSSR count). The SMILES string of the molecule is Cc1cccc(NS(=O)(=O)N(C)C)c1C#N. The predicted molar refractivity (Wildman–Crippen MR) is 62.1 cm³/mol. The molecular weight excluding hydrogens is 226 g/mol. The summed E-state index contributed by atoms with van der Waals surface area (Å²) in [6.07, 6.45) is 0. The van der Waals surface area contributed by atoms with Gasteiger partial charge in [0, 0.05) is 14.1 Å². The van der Waals surface area contributed by atoms with Crippen LogP contribution in [0.3, 0.4) is 0 Å². The maximum atomic E-state index is 11.6. The van der Waals surface area contributed by atoms with Gasteiger partial charge in [-0.15, -0.1) is 0 Å². The van der Waals surface area contributed by atoms with E-state index in [1.807, 2.05) is 6.07 Å². The molecule has 0 saturated heterocycles. The van der Waals surface area contributed by atoms with Crippen LogP contribution in [-0.2, 0) is 10.2 Å². The summed E-state index contributed by atoms with van der Waals surface area (Å²) in [5, 5.41) is 8.94. The van der Waals surface area contributed by atoms with Gasteiger partial charge in [0.1, 0.15) is 6.07 Å². The summed E-state index contributed by atoms with van der Waals surface area (Å²) in [5.41, 5.74) is 1.38. The number of rotatable bonds is 3. The van der Waals surface area contributed by atoms with Crippen LogP contribution >= 0.6 is 0 Å². The maximum Gasteiger partial charge on any atom is 0.301 e. The molecular formula is C10H13N3O2S. The second-order valence-corrected chi connectivity index (χ2v) is 5.38. The number of nitrogens with zero attached hydrogens (tertiary/aromatic N) is 2. The molecule has 0 aliphatic heterocycles. The van der Waals surface area contributed by atoms with Crippen LogP contribution < -0.4 is 4.72 Å². The van der Waals surface area contributed by atoms with E-state index in [0.717, 1.165) is 9.87 Å². The number of nitriles is 1. The zero-order valence-electron chi connectivity index (χ0n) is 9.35. The first kappa shape index (κ1) is 12.5. The van der Waals surface area contributed by atoms with Crippen molar-refractivity contribution in [3.63, 3.8) is 0 Å². The Bertz CT molecular complexity index is 529. The second kappa shape index (κ2) is 4.51. The lowest BCUT2D eigenvalue weighted by Gasteiger charge is -2.14. The first-order chi connectivity index (χ1) is 7.38. The summed E-state index contributed by atoms with van der Waals surface area (Å²) < 4.78 is 26.6. The van der Waals surface area contributed by atoms with Gasteiger partial charge in [0.15, 0.2) is 0 Å². The monoisotopic (exact) mass is 239 g/mol. The molecule has 6 heteroatoms. The van der Waals surface area contributed by atoms with Gasteiger partial charge >= 0.3 is 10.2 Å². The minimum atomic E-state index is -3.57. The third-order valence-corrected chi connectivity index (χ3v) is 3.54. The Morgan fingerprint density at radius 1 is 1.38 bits per heavy atom. The molecule has 5 nitrogen and oxygen atoms in total. The fourth-order valence-corrected chi connectivity index (χ4v) is 1.76. The van der Waals surface area contributed by atoms with Crippen molar-refractivity contribution in [2.45, 2.75) is 6.92 Å². The molecule has 0 bridgehead atoms. The highest BCUT2D eigenvalue weighted by molar-refractivity contribution is 7.90. The predicted octanol–water partition coefficient (Wildman–Crippen LogP) is 1.08. The van der Waals surface area contributed by atoms with Crippen molar-refractivity contribution in [3.8, 4) is 6.07 Å². The molecule has 0 aliphatic carbocycles. The Kier molecular flexibility index (Phi) is 3.52. The van der Waals surface area contributed by atoms with Gasteiger partial charge in [0.25, 0.3) is 0 Å². The average molecular weight is 239 g/mol. The Labute approximate surface area is 95.5 Å². The van der Waals surface area contributed by atoms with Crippen LogP contribution in [0.25, 0.3) is 0 Å². The summed E-state index contributed by atoms with van der Waals surface area (Å²) in [4.78, 5) is 0. The lowest BCUT2D eigenvalue weighted by Crippen LogP contribution is -2.29. The highest BCUT2D eigenvalue weighted by atomic mass is 32.2. The van der Waals surface area contributed by atoms with Crippen molar-refractivity contribution in [2.24, 2.45) is 0 Å². The zero-order chi connectivity index (χ0) is 12.3. The van der Waals surface area contributed by atoms with Gasteiger partial charge in [0.2, 0.25) is 0 Å². The third kappa shape index (κ3) is 2.51. The second-order valence-electron chi connectivity index (χ2n) is 3.50. The Morgan fingerprint density at radius 2 is 2.00 bits per heavy atom. The summed E-state index contributed by atoms with van der Waals surface area (Å²) in [6.45, 7) is 1.76. The lowest BCUT2D eigenvalue weighted by atomic mass is 10.1. The number of nitrogens with one attached hydrogen (secondary N) is 1. The molecule has 0 atom stereocenters. The smallest absolute Gasteiger partial charge is 0.270 e. The molecule has 0 amide bonds. The highest BCUT2D eigenvalue weighted by Gasteiger charge is 2.15. The minimum absolute atomic E-state index is 0.302. The number of benzene rings is 1. The van der Waals surface area contributed by atoms with Crippen molar-refractivity contribution in [1.82, 2.24) is 4.31 Å². The number of aryl methyl sites for hydroxylation is 1. The largest absolute Gasteiger partial charge is 0.301 e.